The lowest BCUT2D eigenvalue weighted by Crippen LogP contribution is -2.51. The van der Waals surface area contributed by atoms with E-state index in [-0.39, 0.29) is 5.41 Å². The van der Waals surface area contributed by atoms with Gasteiger partial charge in [-0.15, -0.1) is 0 Å². The van der Waals surface area contributed by atoms with Crippen molar-refractivity contribution >= 4 is 12.0 Å². The Balaban J connectivity index is 4.61. The van der Waals surface area contributed by atoms with E-state index in [2.05, 4.69) is 5.32 Å². The number of rotatable bonds is 3. The Labute approximate surface area is 109 Å². The molecule has 0 heterocycles. The molecule has 0 saturated carbocycles. The highest BCUT2D eigenvalue weighted by molar-refractivity contribution is 5.85. The molecule has 2 amide bonds. The molecule has 6 nitrogen and oxygen atoms in total. The van der Waals surface area contributed by atoms with Crippen LogP contribution in [0.2, 0.25) is 0 Å². The SMILES string of the molecule is CC(C)(C)CC(NC(=O)OC(C)(C)C)C(=O)NN. The molecule has 0 aliphatic carbocycles. The van der Waals surface area contributed by atoms with Gasteiger partial charge in [-0.25, -0.2) is 10.6 Å². The quantitative estimate of drug-likeness (QED) is 0.404. The van der Waals surface area contributed by atoms with Gasteiger partial charge in [-0.05, 0) is 32.6 Å². The van der Waals surface area contributed by atoms with Gasteiger partial charge in [-0.2, -0.15) is 0 Å². The van der Waals surface area contributed by atoms with E-state index in [1.54, 1.807) is 20.8 Å². The normalized spacial score (nSPS) is 13.7. The van der Waals surface area contributed by atoms with Gasteiger partial charge in [0.1, 0.15) is 11.6 Å². The van der Waals surface area contributed by atoms with Crippen LogP contribution in [0.25, 0.3) is 0 Å². The molecular formula is C12H25N3O3. The largest absolute Gasteiger partial charge is 0.444 e. The third-order valence-corrected chi connectivity index (χ3v) is 1.97. The first-order valence-electron chi connectivity index (χ1n) is 5.94. The monoisotopic (exact) mass is 259 g/mol. The lowest BCUT2D eigenvalue weighted by molar-refractivity contribution is -0.124. The molecular weight excluding hydrogens is 234 g/mol. The molecule has 4 N–H and O–H groups in total. The fourth-order valence-electron chi connectivity index (χ4n) is 1.37. The Hall–Kier alpha value is -1.30. The number of carbonyl (C=O) groups is 2. The summed E-state index contributed by atoms with van der Waals surface area (Å²) >= 11 is 0. The first kappa shape index (κ1) is 16.7. The number of nitrogens with one attached hydrogen (secondary N) is 2. The molecule has 0 fully saturated rings. The summed E-state index contributed by atoms with van der Waals surface area (Å²) in [5, 5.41) is 2.53. The van der Waals surface area contributed by atoms with Crippen LogP contribution in [0.1, 0.15) is 48.0 Å². The van der Waals surface area contributed by atoms with Crippen molar-refractivity contribution in [2.24, 2.45) is 11.3 Å². The van der Waals surface area contributed by atoms with Crippen molar-refractivity contribution in [1.82, 2.24) is 10.7 Å². The first-order valence-corrected chi connectivity index (χ1v) is 5.94. The minimum atomic E-state index is -0.704. The number of hydrazine groups is 1. The lowest BCUT2D eigenvalue weighted by atomic mass is 9.88. The Morgan fingerprint density at radius 2 is 1.67 bits per heavy atom. The summed E-state index contributed by atoms with van der Waals surface area (Å²) in [6.45, 7) is 11.2. The number of nitrogens with two attached hydrogens (primary N) is 1. The van der Waals surface area contributed by atoms with Crippen molar-refractivity contribution in [3.05, 3.63) is 0 Å². The predicted octanol–water partition coefficient (Wildman–Crippen LogP) is 1.31. The molecule has 0 rings (SSSR count). The van der Waals surface area contributed by atoms with Crippen molar-refractivity contribution in [2.45, 2.75) is 59.6 Å². The summed E-state index contributed by atoms with van der Waals surface area (Å²) < 4.78 is 5.11. The molecule has 1 atom stereocenters. The van der Waals surface area contributed by atoms with Gasteiger partial charge in [0.05, 0.1) is 0 Å². The highest BCUT2D eigenvalue weighted by Gasteiger charge is 2.27. The summed E-state index contributed by atoms with van der Waals surface area (Å²) in [4.78, 5) is 23.2. The van der Waals surface area contributed by atoms with Gasteiger partial charge in [-0.3, -0.25) is 10.2 Å². The second-order valence-corrected chi connectivity index (χ2v) is 6.47. The van der Waals surface area contributed by atoms with Crippen LogP contribution >= 0.6 is 0 Å². The Kier molecular flexibility index (Phi) is 5.60. The summed E-state index contributed by atoms with van der Waals surface area (Å²) in [6.07, 6.45) is -0.157. The molecule has 0 saturated heterocycles. The number of hydrogen-bond acceptors (Lipinski definition) is 4. The van der Waals surface area contributed by atoms with Crippen molar-refractivity contribution in [2.75, 3.05) is 0 Å². The molecule has 0 aromatic heterocycles. The van der Waals surface area contributed by atoms with Crippen molar-refractivity contribution in [3.8, 4) is 0 Å². The van der Waals surface area contributed by atoms with E-state index < -0.39 is 23.6 Å². The molecule has 0 spiro atoms. The van der Waals surface area contributed by atoms with Crippen molar-refractivity contribution in [3.63, 3.8) is 0 Å². The zero-order valence-electron chi connectivity index (χ0n) is 12.1. The fourth-order valence-corrected chi connectivity index (χ4v) is 1.37. The number of ether oxygens (including phenoxy) is 1. The van der Waals surface area contributed by atoms with Gasteiger partial charge >= 0.3 is 6.09 Å². The molecule has 6 heteroatoms. The lowest BCUT2D eigenvalue weighted by Gasteiger charge is -2.27. The van der Waals surface area contributed by atoms with Gasteiger partial charge in [0.25, 0.3) is 5.91 Å². The first-order chi connectivity index (χ1) is 7.94. The van der Waals surface area contributed by atoms with Gasteiger partial charge in [0.2, 0.25) is 0 Å². The average molecular weight is 259 g/mol. The number of amides is 2. The second-order valence-electron chi connectivity index (χ2n) is 6.47. The van der Waals surface area contributed by atoms with E-state index in [4.69, 9.17) is 10.6 Å². The number of carbonyl (C=O) groups excluding carboxylic acids is 2. The maximum absolute atomic E-state index is 11.6. The zero-order valence-corrected chi connectivity index (χ0v) is 12.1. The smallest absolute Gasteiger partial charge is 0.408 e. The summed E-state index contributed by atoms with van der Waals surface area (Å²) in [7, 11) is 0. The van der Waals surface area contributed by atoms with Crippen LogP contribution in [-0.2, 0) is 9.53 Å². The standard InChI is InChI=1S/C12H25N3O3/c1-11(2,3)7-8(9(16)15-13)14-10(17)18-12(4,5)6/h8H,7,13H2,1-6H3,(H,14,17)(H,15,16). The maximum atomic E-state index is 11.6. The van der Waals surface area contributed by atoms with Gasteiger partial charge in [0, 0.05) is 0 Å². The van der Waals surface area contributed by atoms with Gasteiger partial charge < -0.3 is 10.1 Å². The van der Waals surface area contributed by atoms with Crippen molar-refractivity contribution in [1.29, 1.82) is 0 Å². The second kappa shape index (κ2) is 6.04. The van der Waals surface area contributed by atoms with E-state index in [1.807, 2.05) is 26.2 Å². The third kappa shape index (κ3) is 7.89. The van der Waals surface area contributed by atoms with Crippen molar-refractivity contribution < 1.29 is 14.3 Å². The van der Waals surface area contributed by atoms with Crippen LogP contribution in [0.5, 0.6) is 0 Å². The number of alkyl carbamates (subject to hydrolysis) is 1. The molecule has 0 aromatic carbocycles. The van der Waals surface area contributed by atoms with Crippen LogP contribution in [0.15, 0.2) is 0 Å². The molecule has 18 heavy (non-hydrogen) atoms. The van der Waals surface area contributed by atoms with E-state index in [0.717, 1.165) is 0 Å². The molecule has 0 radical (unpaired) electrons. The summed E-state index contributed by atoms with van der Waals surface area (Å²) in [6, 6.07) is -0.704. The Morgan fingerprint density at radius 3 is 2.00 bits per heavy atom. The molecule has 0 aromatic rings. The molecule has 1 unspecified atom stereocenters. The van der Waals surface area contributed by atoms with Crippen LogP contribution in [-0.4, -0.2) is 23.6 Å². The summed E-state index contributed by atoms with van der Waals surface area (Å²) in [5.74, 6) is 4.67. The van der Waals surface area contributed by atoms with E-state index in [9.17, 15) is 9.59 Å². The van der Waals surface area contributed by atoms with Gasteiger partial charge in [0.15, 0.2) is 0 Å². The topological polar surface area (TPSA) is 93.4 Å². The molecule has 0 aliphatic rings. The average Bonchev–Trinajstić information content (AvgIpc) is 2.10. The zero-order chi connectivity index (χ0) is 14.6. The summed E-state index contributed by atoms with van der Waals surface area (Å²) in [5.41, 5.74) is 1.33. The molecule has 106 valence electrons. The highest BCUT2D eigenvalue weighted by atomic mass is 16.6. The van der Waals surface area contributed by atoms with Crippen LogP contribution < -0.4 is 16.6 Å². The fraction of sp³-hybridized carbons (Fsp3) is 0.833. The third-order valence-electron chi connectivity index (χ3n) is 1.97. The predicted molar refractivity (Wildman–Crippen MR) is 69.6 cm³/mol. The molecule has 0 bridgehead atoms. The highest BCUT2D eigenvalue weighted by Crippen LogP contribution is 2.21. The Morgan fingerprint density at radius 1 is 1.17 bits per heavy atom. The van der Waals surface area contributed by atoms with Gasteiger partial charge in [-0.1, -0.05) is 20.8 Å². The van der Waals surface area contributed by atoms with E-state index >= 15 is 0 Å². The van der Waals surface area contributed by atoms with Crippen LogP contribution in [0.3, 0.4) is 0 Å². The Bertz CT molecular complexity index is 303. The number of hydrogen-bond donors (Lipinski definition) is 3. The maximum Gasteiger partial charge on any atom is 0.408 e. The van der Waals surface area contributed by atoms with Crippen LogP contribution in [0, 0.1) is 5.41 Å². The van der Waals surface area contributed by atoms with E-state index in [1.165, 1.54) is 0 Å². The van der Waals surface area contributed by atoms with E-state index in [0.29, 0.717) is 6.42 Å². The van der Waals surface area contributed by atoms with Crippen LogP contribution in [0.4, 0.5) is 4.79 Å². The minimum Gasteiger partial charge on any atom is -0.444 e. The minimum absolute atomic E-state index is 0.119. The molecule has 0 aliphatic heterocycles.